The molecule has 6 heteroatoms. The standard InChI is InChI=1S/C57H94O6/c1-4-7-10-13-16-19-22-25-27-28-30-32-35-38-41-44-47-50-56(59)62-53-54(52-61-55(58)49-46-43-40-37-34-31-24-21-18-15-12-9-6-3)63-57(60)51-48-45-42-39-36-33-29-26-23-20-17-14-11-8-5-2/h8,11,14,16-17,19-20,23,25,27,30-32,34,38,41,54H,4-7,9-10,12-13,15,18,21-22,24,26,28-29,33,35-37,39-40,42-53H2,1-3H3/b11-8-,17-14-,19-16-,23-20-,27-25-,32-30-,34-31-,41-38-. The highest BCUT2D eigenvalue weighted by atomic mass is 16.6. The molecule has 0 N–H and O–H groups in total. The van der Waals surface area contributed by atoms with Crippen molar-refractivity contribution in [3.63, 3.8) is 0 Å². The summed E-state index contributed by atoms with van der Waals surface area (Å²) >= 11 is 0. The molecule has 0 heterocycles. The van der Waals surface area contributed by atoms with E-state index in [1.165, 1.54) is 83.5 Å². The molecule has 1 unspecified atom stereocenters. The minimum Gasteiger partial charge on any atom is -0.462 e. The zero-order valence-corrected chi connectivity index (χ0v) is 40.8. The van der Waals surface area contributed by atoms with Crippen molar-refractivity contribution in [3.8, 4) is 0 Å². The van der Waals surface area contributed by atoms with Gasteiger partial charge in [-0.1, -0.05) is 201 Å². The van der Waals surface area contributed by atoms with Crippen molar-refractivity contribution in [1.82, 2.24) is 0 Å². The van der Waals surface area contributed by atoms with Gasteiger partial charge >= 0.3 is 17.9 Å². The Bertz CT molecular complexity index is 1280. The van der Waals surface area contributed by atoms with Crippen LogP contribution in [0.2, 0.25) is 0 Å². The van der Waals surface area contributed by atoms with E-state index in [1.807, 2.05) is 0 Å². The summed E-state index contributed by atoms with van der Waals surface area (Å²) in [5, 5.41) is 0. The van der Waals surface area contributed by atoms with Crippen LogP contribution in [0.4, 0.5) is 0 Å². The highest BCUT2D eigenvalue weighted by molar-refractivity contribution is 5.71. The lowest BCUT2D eigenvalue weighted by Gasteiger charge is -2.18. The molecule has 0 aromatic heterocycles. The summed E-state index contributed by atoms with van der Waals surface area (Å²) in [6.07, 6.45) is 66.8. The van der Waals surface area contributed by atoms with Crippen LogP contribution >= 0.6 is 0 Å². The van der Waals surface area contributed by atoms with Gasteiger partial charge in [-0.05, 0) is 103 Å². The second-order valence-electron chi connectivity index (χ2n) is 16.7. The molecule has 0 rings (SSSR count). The number of unbranched alkanes of at least 4 members (excludes halogenated alkanes) is 20. The Morgan fingerprint density at radius 2 is 0.698 bits per heavy atom. The molecule has 63 heavy (non-hydrogen) atoms. The van der Waals surface area contributed by atoms with Crippen LogP contribution < -0.4 is 0 Å². The average Bonchev–Trinajstić information content (AvgIpc) is 3.28. The Labute approximate surface area is 387 Å². The Morgan fingerprint density at radius 3 is 1.22 bits per heavy atom. The van der Waals surface area contributed by atoms with E-state index in [2.05, 4.69) is 118 Å². The number of esters is 3. The molecule has 0 aliphatic rings. The Morgan fingerprint density at radius 1 is 0.349 bits per heavy atom. The van der Waals surface area contributed by atoms with Gasteiger partial charge in [0.25, 0.3) is 0 Å². The zero-order chi connectivity index (χ0) is 45.8. The molecule has 0 bridgehead atoms. The normalized spacial score (nSPS) is 12.9. The van der Waals surface area contributed by atoms with Gasteiger partial charge in [-0.2, -0.15) is 0 Å². The first-order chi connectivity index (χ1) is 31.0. The number of ether oxygens (including phenoxy) is 3. The van der Waals surface area contributed by atoms with Crippen molar-refractivity contribution >= 4 is 17.9 Å². The maximum Gasteiger partial charge on any atom is 0.306 e. The van der Waals surface area contributed by atoms with Crippen molar-refractivity contribution in [2.75, 3.05) is 13.2 Å². The summed E-state index contributed by atoms with van der Waals surface area (Å²) in [6.45, 7) is 6.39. The highest BCUT2D eigenvalue weighted by Gasteiger charge is 2.19. The molecule has 0 aliphatic heterocycles. The van der Waals surface area contributed by atoms with Crippen LogP contribution in [0.1, 0.15) is 226 Å². The first kappa shape index (κ1) is 59.3. The van der Waals surface area contributed by atoms with E-state index in [9.17, 15) is 14.4 Å². The molecular formula is C57H94O6. The predicted molar refractivity (Wildman–Crippen MR) is 270 cm³/mol. The van der Waals surface area contributed by atoms with Crippen LogP contribution in [0.25, 0.3) is 0 Å². The minimum atomic E-state index is -0.812. The van der Waals surface area contributed by atoms with Crippen molar-refractivity contribution in [2.24, 2.45) is 0 Å². The predicted octanol–water partition coefficient (Wildman–Crippen LogP) is 17.0. The number of hydrogen-bond donors (Lipinski definition) is 0. The van der Waals surface area contributed by atoms with Gasteiger partial charge in [0.05, 0.1) is 0 Å². The zero-order valence-electron chi connectivity index (χ0n) is 40.8. The second kappa shape index (κ2) is 51.0. The Kier molecular flexibility index (Phi) is 48.0. The number of carbonyl (C=O) groups excluding carboxylic acids is 3. The van der Waals surface area contributed by atoms with Gasteiger partial charge in [0.2, 0.25) is 0 Å². The van der Waals surface area contributed by atoms with Gasteiger partial charge < -0.3 is 14.2 Å². The number of carbonyl (C=O) groups is 3. The summed E-state index contributed by atoms with van der Waals surface area (Å²) in [6, 6.07) is 0. The maximum absolute atomic E-state index is 12.8. The second-order valence-corrected chi connectivity index (χ2v) is 16.7. The molecule has 6 nitrogen and oxygen atoms in total. The molecular weight excluding hydrogens is 781 g/mol. The van der Waals surface area contributed by atoms with Crippen molar-refractivity contribution in [2.45, 2.75) is 232 Å². The topological polar surface area (TPSA) is 78.9 Å². The highest BCUT2D eigenvalue weighted by Crippen LogP contribution is 2.13. The molecule has 0 aromatic carbocycles. The molecule has 0 aliphatic carbocycles. The summed E-state index contributed by atoms with van der Waals surface area (Å²) in [4.78, 5) is 37.9. The monoisotopic (exact) mass is 875 g/mol. The number of allylic oxidation sites excluding steroid dienone is 16. The Balaban J connectivity index is 4.52. The van der Waals surface area contributed by atoms with Gasteiger partial charge in [0.1, 0.15) is 13.2 Å². The summed E-state index contributed by atoms with van der Waals surface area (Å²) < 4.78 is 16.7. The molecule has 0 radical (unpaired) electrons. The molecule has 0 fully saturated rings. The molecule has 358 valence electrons. The van der Waals surface area contributed by atoms with Crippen LogP contribution in [-0.4, -0.2) is 37.2 Å². The molecule has 0 saturated carbocycles. The van der Waals surface area contributed by atoms with E-state index in [-0.39, 0.29) is 37.5 Å². The fraction of sp³-hybridized carbons (Fsp3) is 0.667. The van der Waals surface area contributed by atoms with Crippen molar-refractivity contribution < 1.29 is 28.6 Å². The SMILES string of the molecule is CC\C=C/C=C\C=C/CCCCCCCCCC(=O)OC(COC(=O)CCC/C=C\C/C=C\C/C=C\C/C=C\CCCCC)COC(=O)CCCCC/C=C\CCCCCCCC. The number of rotatable bonds is 45. The van der Waals surface area contributed by atoms with E-state index in [0.29, 0.717) is 19.3 Å². The third-order valence-electron chi connectivity index (χ3n) is 10.6. The van der Waals surface area contributed by atoms with E-state index >= 15 is 0 Å². The van der Waals surface area contributed by atoms with Crippen LogP contribution in [0.3, 0.4) is 0 Å². The summed E-state index contributed by atoms with van der Waals surface area (Å²) in [5.74, 6) is -0.997. The number of hydrogen-bond acceptors (Lipinski definition) is 6. The van der Waals surface area contributed by atoms with Crippen LogP contribution in [-0.2, 0) is 28.6 Å². The quantitative estimate of drug-likeness (QED) is 0.0199. The first-order valence-electron chi connectivity index (χ1n) is 25.8. The fourth-order valence-corrected chi connectivity index (χ4v) is 6.72. The van der Waals surface area contributed by atoms with Gasteiger partial charge in [-0.15, -0.1) is 0 Å². The third kappa shape index (κ3) is 49.2. The van der Waals surface area contributed by atoms with Gasteiger partial charge in [-0.25, -0.2) is 0 Å². The fourth-order valence-electron chi connectivity index (χ4n) is 6.72. The summed E-state index contributed by atoms with van der Waals surface area (Å²) in [5.41, 5.74) is 0. The van der Waals surface area contributed by atoms with Gasteiger partial charge in [-0.3, -0.25) is 14.4 Å². The molecule has 0 saturated heterocycles. The van der Waals surface area contributed by atoms with Gasteiger partial charge in [0, 0.05) is 19.3 Å². The third-order valence-corrected chi connectivity index (χ3v) is 10.6. The van der Waals surface area contributed by atoms with E-state index < -0.39 is 6.10 Å². The van der Waals surface area contributed by atoms with E-state index in [1.54, 1.807) is 0 Å². The van der Waals surface area contributed by atoms with Crippen LogP contribution in [0.15, 0.2) is 97.2 Å². The summed E-state index contributed by atoms with van der Waals surface area (Å²) in [7, 11) is 0. The molecule has 0 aromatic rings. The van der Waals surface area contributed by atoms with E-state index in [4.69, 9.17) is 14.2 Å². The van der Waals surface area contributed by atoms with Crippen LogP contribution in [0, 0.1) is 0 Å². The van der Waals surface area contributed by atoms with Crippen molar-refractivity contribution in [1.29, 1.82) is 0 Å². The average molecular weight is 875 g/mol. The smallest absolute Gasteiger partial charge is 0.306 e. The molecule has 0 spiro atoms. The van der Waals surface area contributed by atoms with E-state index in [0.717, 1.165) is 96.3 Å². The first-order valence-corrected chi connectivity index (χ1v) is 25.8. The maximum atomic E-state index is 12.8. The lowest BCUT2D eigenvalue weighted by molar-refractivity contribution is -0.167. The van der Waals surface area contributed by atoms with Gasteiger partial charge in [0.15, 0.2) is 6.10 Å². The Hall–Kier alpha value is -3.67. The van der Waals surface area contributed by atoms with Crippen LogP contribution in [0.5, 0.6) is 0 Å². The molecule has 0 amide bonds. The minimum absolute atomic E-state index is 0.108. The lowest BCUT2D eigenvalue weighted by Crippen LogP contribution is -2.30. The largest absolute Gasteiger partial charge is 0.462 e. The van der Waals surface area contributed by atoms with Crippen molar-refractivity contribution in [3.05, 3.63) is 97.2 Å². The lowest BCUT2D eigenvalue weighted by atomic mass is 10.1. The molecule has 1 atom stereocenters.